The number of hydrogen-bond acceptors (Lipinski definition) is 3. The van der Waals surface area contributed by atoms with E-state index in [2.05, 4.69) is 5.32 Å². The number of aliphatic hydroxyl groups is 1. The fraction of sp³-hybridized carbons (Fsp3) is 0.538. The number of hydrogen-bond donors (Lipinski definition) is 3. The quantitative estimate of drug-likeness (QED) is 0.729. The summed E-state index contributed by atoms with van der Waals surface area (Å²) >= 11 is 0. The molecule has 0 amide bonds. The van der Waals surface area contributed by atoms with Crippen LogP contribution in [0.25, 0.3) is 0 Å². The summed E-state index contributed by atoms with van der Waals surface area (Å²) in [4.78, 5) is 0. The largest absolute Gasteiger partial charge is 0.399 e. The summed E-state index contributed by atoms with van der Waals surface area (Å²) in [7, 11) is 0. The van der Waals surface area contributed by atoms with Gasteiger partial charge in [0.15, 0.2) is 0 Å². The minimum Gasteiger partial charge on any atom is -0.399 e. The van der Waals surface area contributed by atoms with Gasteiger partial charge in [0.25, 0.3) is 6.43 Å². The normalized spacial score (nSPS) is 24.2. The molecule has 0 aliphatic heterocycles. The van der Waals surface area contributed by atoms with Crippen molar-refractivity contribution in [2.24, 2.45) is 0 Å². The average Bonchev–Trinajstić information content (AvgIpc) is 2.34. The highest BCUT2D eigenvalue weighted by atomic mass is 19.3. The molecule has 5 heteroatoms. The van der Waals surface area contributed by atoms with Crippen LogP contribution in [-0.4, -0.2) is 17.3 Å². The highest BCUT2D eigenvalue weighted by molar-refractivity contribution is 5.59. The molecule has 0 heterocycles. The molecule has 4 N–H and O–H groups in total. The van der Waals surface area contributed by atoms with Crippen LogP contribution in [0.15, 0.2) is 18.2 Å². The molecule has 0 aromatic heterocycles. The van der Waals surface area contributed by atoms with E-state index in [-0.39, 0.29) is 11.6 Å². The Hall–Kier alpha value is -1.36. The van der Waals surface area contributed by atoms with Crippen LogP contribution >= 0.6 is 0 Å². The number of halogens is 2. The first-order valence-corrected chi connectivity index (χ1v) is 6.20. The molecular weight excluding hydrogens is 238 g/mol. The molecule has 1 aromatic carbocycles. The minimum absolute atomic E-state index is 0.104. The minimum atomic E-state index is -2.57. The Morgan fingerprint density at radius 2 is 2.00 bits per heavy atom. The summed E-state index contributed by atoms with van der Waals surface area (Å²) in [5.74, 6) is 0. The Morgan fingerprint density at radius 3 is 2.67 bits per heavy atom. The first-order chi connectivity index (χ1) is 8.58. The molecule has 3 nitrogen and oxygen atoms in total. The molecule has 1 aliphatic carbocycles. The van der Waals surface area contributed by atoms with E-state index >= 15 is 0 Å². The van der Waals surface area contributed by atoms with E-state index < -0.39 is 12.5 Å². The number of nitrogens with two attached hydrogens (primary N) is 1. The Bertz CT molecular complexity index is 412. The van der Waals surface area contributed by atoms with Gasteiger partial charge in [0, 0.05) is 16.9 Å². The second-order valence-corrected chi connectivity index (χ2v) is 4.75. The van der Waals surface area contributed by atoms with Crippen molar-refractivity contribution in [3.8, 4) is 0 Å². The number of nitrogen functional groups attached to an aromatic ring is 1. The monoisotopic (exact) mass is 256 g/mol. The van der Waals surface area contributed by atoms with Crippen molar-refractivity contribution < 1.29 is 13.9 Å². The molecule has 1 saturated carbocycles. The zero-order chi connectivity index (χ0) is 13.1. The summed E-state index contributed by atoms with van der Waals surface area (Å²) in [6, 6.07) is 4.27. The van der Waals surface area contributed by atoms with Gasteiger partial charge in [-0.1, -0.05) is 12.8 Å². The van der Waals surface area contributed by atoms with Crippen LogP contribution in [0, 0.1) is 0 Å². The molecule has 2 atom stereocenters. The number of benzene rings is 1. The SMILES string of the molecule is Nc1ccc(NC2CCCCC2O)c(C(F)F)c1. The van der Waals surface area contributed by atoms with E-state index in [1.807, 2.05) is 0 Å². The van der Waals surface area contributed by atoms with Gasteiger partial charge < -0.3 is 16.2 Å². The predicted molar refractivity (Wildman–Crippen MR) is 67.7 cm³/mol. The Morgan fingerprint density at radius 1 is 1.28 bits per heavy atom. The number of anilines is 2. The summed E-state index contributed by atoms with van der Waals surface area (Å²) in [6.45, 7) is 0. The second-order valence-electron chi connectivity index (χ2n) is 4.75. The molecule has 2 rings (SSSR count). The van der Waals surface area contributed by atoms with Gasteiger partial charge in [0.2, 0.25) is 0 Å². The van der Waals surface area contributed by atoms with Gasteiger partial charge in [-0.25, -0.2) is 8.78 Å². The van der Waals surface area contributed by atoms with E-state index in [1.54, 1.807) is 12.1 Å². The number of aliphatic hydroxyl groups excluding tert-OH is 1. The molecule has 1 fully saturated rings. The Kier molecular flexibility index (Phi) is 4.01. The van der Waals surface area contributed by atoms with Crippen LogP contribution in [0.1, 0.15) is 37.7 Å². The van der Waals surface area contributed by atoms with Crippen molar-refractivity contribution in [1.82, 2.24) is 0 Å². The standard InChI is InChI=1S/C13H18F2N2O/c14-13(15)9-7-8(16)5-6-10(9)17-11-3-1-2-4-12(11)18/h5-7,11-13,17-18H,1-4,16H2. The second kappa shape index (κ2) is 5.52. The maximum atomic E-state index is 12.9. The summed E-state index contributed by atoms with van der Waals surface area (Å²) < 4.78 is 25.8. The van der Waals surface area contributed by atoms with E-state index in [4.69, 9.17) is 5.73 Å². The van der Waals surface area contributed by atoms with E-state index in [1.165, 1.54) is 6.07 Å². The van der Waals surface area contributed by atoms with Gasteiger partial charge in [-0.05, 0) is 31.0 Å². The molecule has 0 saturated heterocycles. The number of alkyl halides is 2. The average molecular weight is 256 g/mol. The van der Waals surface area contributed by atoms with E-state index in [0.717, 1.165) is 25.7 Å². The van der Waals surface area contributed by atoms with Gasteiger partial charge in [-0.15, -0.1) is 0 Å². The van der Waals surface area contributed by atoms with Gasteiger partial charge in [-0.2, -0.15) is 0 Å². The lowest BCUT2D eigenvalue weighted by atomic mass is 9.92. The Labute approximate surface area is 105 Å². The van der Waals surface area contributed by atoms with Gasteiger partial charge in [0.1, 0.15) is 0 Å². The van der Waals surface area contributed by atoms with Crippen molar-refractivity contribution >= 4 is 11.4 Å². The van der Waals surface area contributed by atoms with Crippen molar-refractivity contribution in [3.63, 3.8) is 0 Å². The molecule has 0 spiro atoms. The fourth-order valence-electron chi connectivity index (χ4n) is 2.37. The zero-order valence-electron chi connectivity index (χ0n) is 10.1. The van der Waals surface area contributed by atoms with Crippen LogP contribution in [0.2, 0.25) is 0 Å². The molecule has 0 radical (unpaired) electrons. The van der Waals surface area contributed by atoms with Crippen molar-refractivity contribution in [2.45, 2.75) is 44.3 Å². The van der Waals surface area contributed by atoms with Gasteiger partial charge in [0.05, 0.1) is 12.1 Å². The molecule has 1 aromatic rings. The lowest BCUT2D eigenvalue weighted by Crippen LogP contribution is -2.36. The predicted octanol–water partition coefficient (Wildman–Crippen LogP) is 2.92. The van der Waals surface area contributed by atoms with Crippen LogP contribution in [0.4, 0.5) is 20.2 Å². The van der Waals surface area contributed by atoms with Crippen LogP contribution in [0.5, 0.6) is 0 Å². The molecule has 18 heavy (non-hydrogen) atoms. The smallest absolute Gasteiger partial charge is 0.265 e. The van der Waals surface area contributed by atoms with Crippen molar-refractivity contribution in [2.75, 3.05) is 11.1 Å². The van der Waals surface area contributed by atoms with Crippen LogP contribution < -0.4 is 11.1 Å². The molecular formula is C13H18F2N2O. The lowest BCUT2D eigenvalue weighted by molar-refractivity contribution is 0.116. The highest BCUT2D eigenvalue weighted by Gasteiger charge is 2.24. The first kappa shape index (κ1) is 13.1. The van der Waals surface area contributed by atoms with Crippen LogP contribution in [0.3, 0.4) is 0 Å². The molecule has 1 aliphatic rings. The van der Waals surface area contributed by atoms with E-state index in [9.17, 15) is 13.9 Å². The third-order valence-electron chi connectivity index (χ3n) is 3.38. The Balaban J connectivity index is 2.17. The van der Waals surface area contributed by atoms with Crippen molar-refractivity contribution in [3.05, 3.63) is 23.8 Å². The fourth-order valence-corrected chi connectivity index (χ4v) is 2.37. The third-order valence-corrected chi connectivity index (χ3v) is 3.38. The van der Waals surface area contributed by atoms with Crippen LogP contribution in [-0.2, 0) is 0 Å². The summed E-state index contributed by atoms with van der Waals surface area (Å²) in [5, 5.41) is 12.9. The molecule has 0 bridgehead atoms. The maximum Gasteiger partial charge on any atom is 0.265 e. The number of nitrogens with one attached hydrogen (secondary N) is 1. The molecule has 100 valence electrons. The molecule has 2 unspecified atom stereocenters. The third kappa shape index (κ3) is 2.90. The van der Waals surface area contributed by atoms with Crippen molar-refractivity contribution in [1.29, 1.82) is 0 Å². The maximum absolute atomic E-state index is 12.9. The highest BCUT2D eigenvalue weighted by Crippen LogP contribution is 2.31. The lowest BCUT2D eigenvalue weighted by Gasteiger charge is -2.30. The topological polar surface area (TPSA) is 58.3 Å². The van der Waals surface area contributed by atoms with Gasteiger partial charge in [-0.3, -0.25) is 0 Å². The zero-order valence-corrected chi connectivity index (χ0v) is 10.1. The summed E-state index contributed by atoms with van der Waals surface area (Å²) in [6.07, 6.45) is 0.472. The summed E-state index contributed by atoms with van der Waals surface area (Å²) in [5.41, 5.74) is 6.10. The van der Waals surface area contributed by atoms with E-state index in [0.29, 0.717) is 11.4 Å². The van der Waals surface area contributed by atoms with Gasteiger partial charge >= 0.3 is 0 Å². The number of rotatable bonds is 3. The first-order valence-electron chi connectivity index (χ1n) is 6.20.